The Labute approximate surface area is 87.3 Å². The maximum absolute atomic E-state index is 8.15. The lowest BCUT2D eigenvalue weighted by atomic mass is 10.6. The molecule has 2 fully saturated rings. The van der Waals surface area contributed by atoms with Gasteiger partial charge < -0.3 is 10.6 Å². The number of hydrogen-bond acceptors (Lipinski definition) is 5. The second-order valence-electron chi connectivity index (χ2n) is 2.47. The van der Waals surface area contributed by atoms with Crippen LogP contribution in [0, 0.1) is 11.3 Å². The first-order valence-electron chi connectivity index (χ1n) is 4.18. The number of nitriles is 1. The van der Waals surface area contributed by atoms with Crippen molar-refractivity contribution in [3.05, 3.63) is 11.1 Å². The molecule has 2 rings (SSSR count). The van der Waals surface area contributed by atoms with Crippen LogP contribution in [0.5, 0.6) is 0 Å². The van der Waals surface area contributed by atoms with Crippen LogP contribution in [0.3, 0.4) is 0 Å². The van der Waals surface area contributed by atoms with E-state index in [4.69, 9.17) is 5.26 Å². The van der Waals surface area contributed by atoms with Gasteiger partial charge in [-0.05, 0) is 0 Å². The van der Waals surface area contributed by atoms with E-state index in [0.717, 1.165) is 17.3 Å². The molecule has 0 unspecified atom stereocenters. The Hall–Kier alpha value is -0.310. The summed E-state index contributed by atoms with van der Waals surface area (Å²) in [5, 5.41) is 15.4. The van der Waals surface area contributed by atoms with E-state index in [9.17, 15) is 0 Å². The summed E-state index contributed by atoms with van der Waals surface area (Å²) in [6.45, 7) is 2.21. The molecule has 0 radical (unpaired) electrons. The first-order valence-corrected chi connectivity index (χ1v) is 6.32. The SMILES string of the molecule is C1CSCN1.N#CC=C1NCCS1. The quantitative estimate of drug-likeness (QED) is 0.590. The number of nitrogens with zero attached hydrogens (tertiary/aromatic N) is 1. The average Bonchev–Trinajstić information content (AvgIpc) is 2.79. The maximum Gasteiger partial charge on any atom is 0.0939 e. The third-order valence-electron chi connectivity index (χ3n) is 1.48. The predicted octanol–water partition coefficient (Wildman–Crippen LogP) is 0.968. The van der Waals surface area contributed by atoms with Gasteiger partial charge in [0.05, 0.1) is 11.1 Å². The molecule has 0 saturated carbocycles. The number of thioether (sulfide) groups is 2. The first kappa shape index (κ1) is 10.8. The lowest BCUT2D eigenvalue weighted by Crippen LogP contribution is -2.04. The van der Waals surface area contributed by atoms with Crippen molar-refractivity contribution in [3.63, 3.8) is 0 Å². The van der Waals surface area contributed by atoms with Gasteiger partial charge >= 0.3 is 0 Å². The highest BCUT2D eigenvalue weighted by atomic mass is 32.2. The van der Waals surface area contributed by atoms with Crippen LogP contribution in [-0.4, -0.2) is 30.5 Å². The normalized spacial score (nSPS) is 23.2. The standard InChI is InChI=1S/C5H6N2S.C3H7NS/c6-2-1-5-7-3-4-8-5;1-2-5-3-4-1/h1,7H,3-4H2;4H,1-3H2. The van der Waals surface area contributed by atoms with Crippen molar-refractivity contribution in [3.8, 4) is 6.07 Å². The van der Waals surface area contributed by atoms with Gasteiger partial charge in [0, 0.05) is 36.5 Å². The molecule has 0 atom stereocenters. The second-order valence-corrected chi connectivity index (χ2v) is 4.71. The third kappa shape index (κ3) is 5.09. The smallest absolute Gasteiger partial charge is 0.0939 e. The van der Waals surface area contributed by atoms with Crippen molar-refractivity contribution < 1.29 is 0 Å². The molecule has 0 amide bonds. The summed E-state index contributed by atoms with van der Waals surface area (Å²) in [4.78, 5) is 0. The number of nitrogens with one attached hydrogen (secondary N) is 2. The summed E-state index contributed by atoms with van der Waals surface area (Å²) in [6, 6.07) is 1.96. The van der Waals surface area contributed by atoms with Gasteiger partial charge in [-0.15, -0.1) is 23.5 Å². The molecule has 2 N–H and O–H groups in total. The molecule has 3 nitrogen and oxygen atoms in total. The molecule has 2 aliphatic heterocycles. The molecule has 0 aromatic heterocycles. The molecule has 0 aromatic rings. The summed E-state index contributed by atoms with van der Waals surface area (Å²) in [7, 11) is 0. The highest BCUT2D eigenvalue weighted by Gasteiger charge is 2.03. The van der Waals surface area contributed by atoms with Crippen molar-refractivity contribution in [1.82, 2.24) is 10.6 Å². The molecule has 5 heteroatoms. The van der Waals surface area contributed by atoms with Crippen LogP contribution in [0.1, 0.15) is 0 Å². The largest absolute Gasteiger partial charge is 0.378 e. The summed E-state index contributed by atoms with van der Waals surface area (Å²) >= 11 is 3.66. The van der Waals surface area contributed by atoms with Gasteiger partial charge in [-0.3, -0.25) is 0 Å². The van der Waals surface area contributed by atoms with E-state index in [0.29, 0.717) is 0 Å². The Morgan fingerprint density at radius 2 is 2.31 bits per heavy atom. The molecule has 0 aliphatic carbocycles. The minimum absolute atomic E-state index is 0.998. The first-order chi connectivity index (χ1) is 6.43. The van der Waals surface area contributed by atoms with Gasteiger partial charge in [0.2, 0.25) is 0 Å². The zero-order valence-corrected chi connectivity index (χ0v) is 9.01. The van der Waals surface area contributed by atoms with Crippen molar-refractivity contribution in [1.29, 1.82) is 5.26 Å². The fourth-order valence-electron chi connectivity index (χ4n) is 0.898. The van der Waals surface area contributed by atoms with E-state index in [1.54, 1.807) is 11.8 Å². The van der Waals surface area contributed by atoms with E-state index in [1.165, 1.54) is 24.3 Å². The summed E-state index contributed by atoms with van der Waals surface area (Å²) in [5.41, 5.74) is 0. The van der Waals surface area contributed by atoms with Crippen LogP contribution in [0.15, 0.2) is 11.1 Å². The highest BCUT2D eigenvalue weighted by molar-refractivity contribution is 8.03. The van der Waals surface area contributed by atoms with Crippen molar-refractivity contribution in [2.75, 3.05) is 30.5 Å². The van der Waals surface area contributed by atoms with Gasteiger partial charge in [-0.1, -0.05) is 0 Å². The summed E-state index contributed by atoms with van der Waals surface area (Å²) < 4.78 is 0. The van der Waals surface area contributed by atoms with Crippen LogP contribution in [0.25, 0.3) is 0 Å². The number of hydrogen-bond donors (Lipinski definition) is 2. The zero-order valence-electron chi connectivity index (χ0n) is 7.38. The summed E-state index contributed by atoms with van der Waals surface area (Å²) in [6.07, 6.45) is 1.54. The maximum atomic E-state index is 8.15. The molecule has 2 heterocycles. The molecular formula is C8H13N3S2. The van der Waals surface area contributed by atoms with Gasteiger partial charge in [0.25, 0.3) is 0 Å². The monoisotopic (exact) mass is 215 g/mol. The molecule has 0 spiro atoms. The van der Waals surface area contributed by atoms with E-state index in [-0.39, 0.29) is 0 Å². The summed E-state index contributed by atoms with van der Waals surface area (Å²) in [5.74, 6) is 3.56. The topological polar surface area (TPSA) is 47.9 Å². The van der Waals surface area contributed by atoms with Crippen LogP contribution in [-0.2, 0) is 0 Å². The number of rotatable bonds is 0. The Balaban J connectivity index is 0.000000145. The molecule has 0 bridgehead atoms. The van der Waals surface area contributed by atoms with Crippen molar-refractivity contribution in [2.24, 2.45) is 0 Å². The lowest BCUT2D eigenvalue weighted by molar-refractivity contribution is 0.885. The second kappa shape index (κ2) is 7.13. The van der Waals surface area contributed by atoms with E-state index < -0.39 is 0 Å². The molecule has 2 saturated heterocycles. The van der Waals surface area contributed by atoms with Gasteiger partial charge in [-0.25, -0.2) is 0 Å². The number of allylic oxidation sites excluding steroid dienone is 1. The predicted molar refractivity (Wildman–Crippen MR) is 59.5 cm³/mol. The molecule has 13 heavy (non-hydrogen) atoms. The van der Waals surface area contributed by atoms with Crippen LogP contribution < -0.4 is 10.6 Å². The lowest BCUT2D eigenvalue weighted by Gasteiger charge is -1.88. The van der Waals surface area contributed by atoms with Crippen LogP contribution in [0.4, 0.5) is 0 Å². The Morgan fingerprint density at radius 3 is 2.69 bits per heavy atom. The molecular weight excluding hydrogens is 202 g/mol. The molecule has 0 aromatic carbocycles. The zero-order chi connectivity index (χ0) is 9.36. The van der Waals surface area contributed by atoms with E-state index in [2.05, 4.69) is 10.6 Å². The van der Waals surface area contributed by atoms with Gasteiger partial charge in [-0.2, -0.15) is 5.26 Å². The van der Waals surface area contributed by atoms with E-state index >= 15 is 0 Å². The van der Waals surface area contributed by atoms with Gasteiger partial charge in [0.15, 0.2) is 0 Å². The Bertz CT molecular complexity index is 190. The minimum Gasteiger partial charge on any atom is -0.378 e. The Morgan fingerprint density at radius 1 is 1.38 bits per heavy atom. The van der Waals surface area contributed by atoms with E-state index in [1.807, 2.05) is 17.8 Å². The average molecular weight is 215 g/mol. The highest BCUT2D eigenvalue weighted by Crippen LogP contribution is 2.16. The fraction of sp³-hybridized carbons (Fsp3) is 0.625. The van der Waals surface area contributed by atoms with Crippen LogP contribution in [0.2, 0.25) is 0 Å². The molecule has 72 valence electrons. The Kier molecular flexibility index (Phi) is 5.90. The fourth-order valence-corrected chi connectivity index (χ4v) is 2.38. The third-order valence-corrected chi connectivity index (χ3v) is 3.36. The van der Waals surface area contributed by atoms with Crippen molar-refractivity contribution >= 4 is 23.5 Å². The molecule has 2 aliphatic rings. The minimum atomic E-state index is 0.998. The van der Waals surface area contributed by atoms with Crippen LogP contribution >= 0.6 is 23.5 Å². The van der Waals surface area contributed by atoms with Crippen molar-refractivity contribution in [2.45, 2.75) is 0 Å². The van der Waals surface area contributed by atoms with Gasteiger partial charge in [0.1, 0.15) is 0 Å².